The summed E-state index contributed by atoms with van der Waals surface area (Å²) >= 11 is 0. The third-order valence-corrected chi connectivity index (χ3v) is 3.82. The number of nitrogens with zero attached hydrogens (tertiary/aromatic N) is 1. The van der Waals surface area contributed by atoms with E-state index in [9.17, 15) is 0 Å². The molecule has 1 saturated carbocycles. The van der Waals surface area contributed by atoms with Crippen LogP contribution >= 0.6 is 0 Å². The van der Waals surface area contributed by atoms with E-state index in [4.69, 9.17) is 4.74 Å². The Hall–Kier alpha value is -1.29. The lowest BCUT2D eigenvalue weighted by Crippen LogP contribution is -2.57. The van der Waals surface area contributed by atoms with Crippen molar-refractivity contribution in [2.45, 2.75) is 32.4 Å². The number of hydrogen-bond donors (Lipinski definition) is 2. The van der Waals surface area contributed by atoms with Crippen LogP contribution < -0.4 is 10.6 Å². The molecule has 1 heterocycles. The number of rotatable bonds is 4. The summed E-state index contributed by atoms with van der Waals surface area (Å²) in [4.78, 5) is 4.20. The van der Waals surface area contributed by atoms with E-state index in [-0.39, 0.29) is 5.41 Å². The lowest BCUT2D eigenvalue weighted by molar-refractivity contribution is -0.0794. The van der Waals surface area contributed by atoms with Crippen molar-refractivity contribution >= 4 is 11.5 Å². The fourth-order valence-electron chi connectivity index (χ4n) is 2.39. The second-order valence-corrected chi connectivity index (χ2v) is 5.16. The van der Waals surface area contributed by atoms with E-state index in [1.807, 2.05) is 25.4 Å². The van der Waals surface area contributed by atoms with Crippen molar-refractivity contribution in [2.24, 2.45) is 5.41 Å². The van der Waals surface area contributed by atoms with E-state index in [0.29, 0.717) is 12.1 Å². The van der Waals surface area contributed by atoms with Crippen molar-refractivity contribution in [1.29, 1.82) is 0 Å². The molecule has 2 unspecified atom stereocenters. The predicted octanol–water partition coefficient (Wildman–Crippen LogP) is 2.35. The number of hydrogen-bond acceptors (Lipinski definition) is 4. The van der Waals surface area contributed by atoms with Gasteiger partial charge >= 0.3 is 0 Å². The molecule has 94 valence electrons. The molecular formula is C13H21N3O. The van der Waals surface area contributed by atoms with Gasteiger partial charge in [-0.2, -0.15) is 0 Å². The molecule has 0 aromatic carbocycles. The second-order valence-electron chi connectivity index (χ2n) is 5.16. The molecule has 0 bridgehead atoms. The highest BCUT2D eigenvalue weighted by Gasteiger charge is 2.48. The van der Waals surface area contributed by atoms with Gasteiger partial charge in [0.05, 0.1) is 6.10 Å². The van der Waals surface area contributed by atoms with Crippen molar-refractivity contribution in [3.05, 3.63) is 18.3 Å². The highest BCUT2D eigenvalue weighted by atomic mass is 16.5. The fourth-order valence-corrected chi connectivity index (χ4v) is 2.39. The summed E-state index contributed by atoms with van der Waals surface area (Å²) in [5.74, 6) is 0.885. The summed E-state index contributed by atoms with van der Waals surface area (Å²) in [5.41, 5.74) is 1.29. The average molecular weight is 235 g/mol. The van der Waals surface area contributed by atoms with Gasteiger partial charge < -0.3 is 15.4 Å². The Morgan fingerprint density at radius 3 is 2.82 bits per heavy atom. The Balaban J connectivity index is 2.02. The lowest BCUT2D eigenvalue weighted by atomic mass is 9.64. The van der Waals surface area contributed by atoms with Gasteiger partial charge in [-0.1, -0.05) is 13.8 Å². The first-order chi connectivity index (χ1) is 8.07. The molecular weight excluding hydrogens is 214 g/mol. The zero-order valence-corrected chi connectivity index (χ0v) is 10.9. The molecule has 0 radical (unpaired) electrons. The zero-order chi connectivity index (χ0) is 12.5. The number of aromatic nitrogens is 1. The van der Waals surface area contributed by atoms with E-state index in [1.54, 1.807) is 7.11 Å². The van der Waals surface area contributed by atoms with E-state index in [2.05, 4.69) is 29.5 Å². The average Bonchev–Trinajstić information content (AvgIpc) is 2.34. The molecule has 2 atom stereocenters. The maximum absolute atomic E-state index is 5.45. The van der Waals surface area contributed by atoms with E-state index in [1.165, 1.54) is 0 Å². The smallest absolute Gasteiger partial charge is 0.127 e. The van der Waals surface area contributed by atoms with Crippen LogP contribution in [-0.4, -0.2) is 31.3 Å². The Bertz CT molecular complexity index is 392. The third kappa shape index (κ3) is 2.22. The van der Waals surface area contributed by atoms with Gasteiger partial charge in [-0.25, -0.2) is 4.98 Å². The number of nitrogens with one attached hydrogen (secondary N) is 2. The highest BCUT2D eigenvalue weighted by molar-refractivity contribution is 5.52. The molecule has 4 nitrogen and oxygen atoms in total. The maximum Gasteiger partial charge on any atom is 0.127 e. The Morgan fingerprint density at radius 2 is 2.24 bits per heavy atom. The van der Waals surface area contributed by atoms with E-state index in [0.717, 1.165) is 17.9 Å². The second kappa shape index (κ2) is 4.53. The van der Waals surface area contributed by atoms with Gasteiger partial charge in [-0.3, -0.25) is 0 Å². The summed E-state index contributed by atoms with van der Waals surface area (Å²) in [6.45, 7) is 4.48. The van der Waals surface area contributed by atoms with Crippen LogP contribution in [0.2, 0.25) is 0 Å². The molecule has 0 aliphatic heterocycles. The Kier molecular flexibility index (Phi) is 3.24. The van der Waals surface area contributed by atoms with Gasteiger partial charge in [0.2, 0.25) is 0 Å². The standard InChI is InChI=1S/C13H21N3O/c1-13(2)10(8-11(13)17-4)16-9-5-6-15-12(7-9)14-3/h5-7,10-11H,8H2,1-4H3,(H2,14,15,16). The molecule has 2 N–H and O–H groups in total. The molecule has 0 spiro atoms. The van der Waals surface area contributed by atoms with E-state index < -0.39 is 0 Å². The Labute approximate surface area is 103 Å². The fraction of sp³-hybridized carbons (Fsp3) is 0.615. The van der Waals surface area contributed by atoms with Gasteiger partial charge in [-0.05, 0) is 12.5 Å². The van der Waals surface area contributed by atoms with Gasteiger partial charge in [0, 0.05) is 43.6 Å². The van der Waals surface area contributed by atoms with Crippen LogP contribution in [0.15, 0.2) is 18.3 Å². The third-order valence-electron chi connectivity index (χ3n) is 3.82. The van der Waals surface area contributed by atoms with Gasteiger partial charge in [0.1, 0.15) is 5.82 Å². The summed E-state index contributed by atoms with van der Waals surface area (Å²) in [5, 5.41) is 6.59. The van der Waals surface area contributed by atoms with Crippen molar-refractivity contribution in [2.75, 3.05) is 24.8 Å². The minimum absolute atomic E-state index is 0.178. The Morgan fingerprint density at radius 1 is 1.47 bits per heavy atom. The minimum Gasteiger partial charge on any atom is -0.381 e. The summed E-state index contributed by atoms with van der Waals surface area (Å²) in [6, 6.07) is 4.48. The van der Waals surface area contributed by atoms with Crippen LogP contribution in [0.5, 0.6) is 0 Å². The minimum atomic E-state index is 0.178. The monoisotopic (exact) mass is 235 g/mol. The molecule has 4 heteroatoms. The van der Waals surface area contributed by atoms with Crippen LogP contribution in [0.1, 0.15) is 20.3 Å². The molecule has 1 aliphatic carbocycles. The number of ether oxygens (including phenoxy) is 1. The largest absolute Gasteiger partial charge is 0.381 e. The first kappa shape index (κ1) is 12.2. The molecule has 2 rings (SSSR count). The molecule has 1 aromatic heterocycles. The van der Waals surface area contributed by atoms with Crippen LogP contribution in [0, 0.1) is 5.41 Å². The van der Waals surface area contributed by atoms with Crippen LogP contribution in [0.25, 0.3) is 0 Å². The molecule has 0 amide bonds. The van der Waals surface area contributed by atoms with Crippen molar-refractivity contribution < 1.29 is 4.74 Å². The summed E-state index contributed by atoms with van der Waals surface area (Å²) in [7, 11) is 3.66. The zero-order valence-electron chi connectivity index (χ0n) is 10.9. The maximum atomic E-state index is 5.45. The first-order valence-corrected chi connectivity index (χ1v) is 6.01. The summed E-state index contributed by atoms with van der Waals surface area (Å²) < 4.78 is 5.45. The van der Waals surface area contributed by atoms with Crippen LogP contribution in [0.3, 0.4) is 0 Å². The summed E-state index contributed by atoms with van der Waals surface area (Å²) in [6.07, 6.45) is 3.22. The molecule has 0 saturated heterocycles. The lowest BCUT2D eigenvalue weighted by Gasteiger charge is -2.51. The van der Waals surface area contributed by atoms with Gasteiger partial charge in [0.25, 0.3) is 0 Å². The molecule has 1 fully saturated rings. The molecule has 1 aliphatic rings. The van der Waals surface area contributed by atoms with Crippen molar-refractivity contribution in [1.82, 2.24) is 4.98 Å². The number of methoxy groups -OCH3 is 1. The van der Waals surface area contributed by atoms with Crippen molar-refractivity contribution in [3.8, 4) is 0 Å². The first-order valence-electron chi connectivity index (χ1n) is 6.01. The number of anilines is 2. The quantitative estimate of drug-likeness (QED) is 0.841. The topological polar surface area (TPSA) is 46.2 Å². The SMILES string of the molecule is CNc1cc(NC2CC(OC)C2(C)C)ccn1. The van der Waals surface area contributed by atoms with Gasteiger partial charge in [-0.15, -0.1) is 0 Å². The van der Waals surface area contributed by atoms with Crippen LogP contribution in [0.4, 0.5) is 11.5 Å². The molecule has 17 heavy (non-hydrogen) atoms. The van der Waals surface area contributed by atoms with Gasteiger partial charge in [0.15, 0.2) is 0 Å². The molecule has 1 aromatic rings. The number of pyridine rings is 1. The predicted molar refractivity (Wildman–Crippen MR) is 70.4 cm³/mol. The van der Waals surface area contributed by atoms with E-state index >= 15 is 0 Å². The normalized spacial score (nSPS) is 26.1. The van der Waals surface area contributed by atoms with Crippen LogP contribution in [-0.2, 0) is 4.74 Å². The van der Waals surface area contributed by atoms with Crippen molar-refractivity contribution in [3.63, 3.8) is 0 Å². The highest BCUT2D eigenvalue weighted by Crippen LogP contribution is 2.44.